The lowest BCUT2D eigenvalue weighted by atomic mass is 10.2. The first-order valence-electron chi connectivity index (χ1n) is 4.95. The van der Waals surface area contributed by atoms with Crippen molar-refractivity contribution in [2.45, 2.75) is 11.5 Å². The molecule has 0 spiro atoms. The van der Waals surface area contributed by atoms with Crippen molar-refractivity contribution in [3.05, 3.63) is 41.3 Å². The molecule has 0 saturated heterocycles. The molecule has 2 N–H and O–H groups in total. The Morgan fingerprint density at radius 2 is 2.25 bits per heavy atom. The van der Waals surface area contributed by atoms with E-state index in [0.29, 0.717) is 5.82 Å². The number of thioether (sulfide) groups is 1. The second-order valence-corrected chi connectivity index (χ2v) is 4.68. The number of nitrogens with zero attached hydrogens (tertiary/aromatic N) is 2. The fourth-order valence-electron chi connectivity index (χ4n) is 1.88. The highest BCUT2D eigenvalue weighted by Gasteiger charge is 2.22. The molecule has 0 fully saturated rings. The fourth-order valence-corrected chi connectivity index (χ4v) is 2.99. The van der Waals surface area contributed by atoms with E-state index in [9.17, 15) is 4.39 Å². The molecule has 2 heterocycles. The molecule has 0 aliphatic carbocycles. The number of nitrogen functional groups attached to an aromatic ring is 1. The zero-order valence-electron chi connectivity index (χ0n) is 8.48. The number of hydrogen-bond acceptors (Lipinski definition) is 3. The normalized spacial score (nSPS) is 14.1. The van der Waals surface area contributed by atoms with Crippen LogP contribution in [0.3, 0.4) is 0 Å². The minimum absolute atomic E-state index is 0.258. The van der Waals surface area contributed by atoms with Crippen molar-refractivity contribution in [2.24, 2.45) is 0 Å². The Morgan fingerprint density at radius 1 is 1.38 bits per heavy atom. The molecule has 82 valence electrons. The molecule has 5 heteroatoms. The van der Waals surface area contributed by atoms with Crippen molar-refractivity contribution < 1.29 is 4.39 Å². The van der Waals surface area contributed by atoms with Gasteiger partial charge in [0.1, 0.15) is 11.6 Å². The molecule has 3 rings (SSSR count). The summed E-state index contributed by atoms with van der Waals surface area (Å²) in [6.07, 6.45) is 0. The third-order valence-corrected chi connectivity index (χ3v) is 3.63. The summed E-state index contributed by atoms with van der Waals surface area (Å²) >= 11 is 1.80. The van der Waals surface area contributed by atoms with E-state index in [1.807, 2.05) is 6.07 Å². The summed E-state index contributed by atoms with van der Waals surface area (Å²) in [6, 6.07) is 6.40. The summed E-state index contributed by atoms with van der Waals surface area (Å²) in [6.45, 7) is 0. The molecule has 0 bridgehead atoms. The molecule has 1 aliphatic rings. The second-order valence-electron chi connectivity index (χ2n) is 3.69. The average Bonchev–Trinajstić information content (AvgIpc) is 2.83. The lowest BCUT2D eigenvalue weighted by Gasteiger charge is -2.04. The molecule has 2 aromatic rings. The van der Waals surface area contributed by atoms with Gasteiger partial charge in [0.2, 0.25) is 0 Å². The summed E-state index contributed by atoms with van der Waals surface area (Å²) in [5.74, 6) is 2.09. The highest BCUT2D eigenvalue weighted by molar-refractivity contribution is 7.98. The topological polar surface area (TPSA) is 43.8 Å². The van der Waals surface area contributed by atoms with Crippen LogP contribution in [0.5, 0.6) is 0 Å². The lowest BCUT2D eigenvalue weighted by molar-refractivity contribution is 0.625. The predicted molar refractivity (Wildman–Crippen MR) is 62.9 cm³/mol. The second kappa shape index (κ2) is 3.52. The molecular formula is C11H10FN3S. The van der Waals surface area contributed by atoms with Crippen molar-refractivity contribution in [3.63, 3.8) is 0 Å². The van der Waals surface area contributed by atoms with Gasteiger partial charge in [-0.2, -0.15) is 16.9 Å². The SMILES string of the molecule is Nc1nn(-c2cccc(F)c2)c2c1CSC2. The molecule has 3 nitrogen and oxygen atoms in total. The van der Waals surface area contributed by atoms with Crippen LogP contribution >= 0.6 is 11.8 Å². The summed E-state index contributed by atoms with van der Waals surface area (Å²) < 4.78 is 14.9. The minimum atomic E-state index is -0.258. The quantitative estimate of drug-likeness (QED) is 0.825. The molecule has 16 heavy (non-hydrogen) atoms. The van der Waals surface area contributed by atoms with Crippen LogP contribution < -0.4 is 5.73 Å². The predicted octanol–water partition coefficient (Wildman–Crippen LogP) is 2.34. The maximum Gasteiger partial charge on any atom is 0.150 e. The molecule has 0 amide bonds. The minimum Gasteiger partial charge on any atom is -0.382 e. The molecule has 1 aromatic carbocycles. The van der Waals surface area contributed by atoms with Gasteiger partial charge in [0, 0.05) is 17.1 Å². The summed E-state index contributed by atoms with van der Waals surface area (Å²) in [4.78, 5) is 0. The van der Waals surface area contributed by atoms with E-state index < -0.39 is 0 Å². The number of anilines is 1. The number of rotatable bonds is 1. The van der Waals surface area contributed by atoms with Crippen LogP contribution in [0.1, 0.15) is 11.3 Å². The third kappa shape index (κ3) is 1.39. The van der Waals surface area contributed by atoms with Gasteiger partial charge in [0.15, 0.2) is 0 Å². The van der Waals surface area contributed by atoms with Crippen LogP contribution in [-0.4, -0.2) is 9.78 Å². The number of fused-ring (bicyclic) bond motifs is 1. The summed E-state index contributed by atoms with van der Waals surface area (Å²) in [5, 5.41) is 4.26. The van der Waals surface area contributed by atoms with Gasteiger partial charge in [-0.1, -0.05) is 6.07 Å². The average molecular weight is 235 g/mol. The van der Waals surface area contributed by atoms with Gasteiger partial charge < -0.3 is 5.73 Å². The lowest BCUT2D eigenvalue weighted by Crippen LogP contribution is -2.01. The standard InChI is InChI=1S/C11H10FN3S/c12-7-2-1-3-8(4-7)15-10-6-16-5-9(10)11(13)14-15/h1-4H,5-6H2,(H2,13,14). The van der Waals surface area contributed by atoms with E-state index in [2.05, 4.69) is 5.10 Å². The molecule has 0 unspecified atom stereocenters. The molecule has 1 aliphatic heterocycles. The number of benzene rings is 1. The maximum absolute atomic E-state index is 13.1. The van der Waals surface area contributed by atoms with Gasteiger partial charge in [-0.25, -0.2) is 9.07 Å². The van der Waals surface area contributed by atoms with E-state index in [-0.39, 0.29) is 5.82 Å². The Hall–Kier alpha value is -1.49. The van der Waals surface area contributed by atoms with Crippen molar-refractivity contribution in [1.82, 2.24) is 9.78 Å². The van der Waals surface area contributed by atoms with Crippen LogP contribution in [0, 0.1) is 5.82 Å². The molecule has 1 aromatic heterocycles. The first-order chi connectivity index (χ1) is 7.75. The van der Waals surface area contributed by atoms with Gasteiger partial charge in [0.25, 0.3) is 0 Å². The van der Waals surface area contributed by atoms with Crippen molar-refractivity contribution in [3.8, 4) is 5.69 Å². The number of hydrogen-bond donors (Lipinski definition) is 1. The van der Waals surface area contributed by atoms with Crippen LogP contribution in [0.4, 0.5) is 10.2 Å². The number of aromatic nitrogens is 2. The van der Waals surface area contributed by atoms with Crippen LogP contribution in [0.25, 0.3) is 5.69 Å². The first-order valence-corrected chi connectivity index (χ1v) is 6.11. The van der Waals surface area contributed by atoms with E-state index in [4.69, 9.17) is 5.73 Å². The van der Waals surface area contributed by atoms with Crippen LogP contribution in [0.15, 0.2) is 24.3 Å². The summed E-state index contributed by atoms with van der Waals surface area (Å²) in [7, 11) is 0. The highest BCUT2D eigenvalue weighted by Crippen LogP contribution is 2.34. The van der Waals surface area contributed by atoms with E-state index >= 15 is 0 Å². The number of nitrogens with two attached hydrogens (primary N) is 1. The van der Waals surface area contributed by atoms with Crippen molar-refractivity contribution in [1.29, 1.82) is 0 Å². The molecule has 0 atom stereocenters. The van der Waals surface area contributed by atoms with Crippen molar-refractivity contribution in [2.75, 3.05) is 5.73 Å². The van der Waals surface area contributed by atoms with E-state index in [1.165, 1.54) is 12.1 Å². The van der Waals surface area contributed by atoms with Crippen LogP contribution in [0.2, 0.25) is 0 Å². The fraction of sp³-hybridized carbons (Fsp3) is 0.182. The van der Waals surface area contributed by atoms with Gasteiger partial charge in [-0.15, -0.1) is 0 Å². The number of halogens is 1. The van der Waals surface area contributed by atoms with Gasteiger partial charge in [-0.05, 0) is 18.2 Å². The Balaban J connectivity index is 2.17. The molecule has 0 saturated carbocycles. The summed E-state index contributed by atoms with van der Waals surface area (Å²) in [5.41, 5.74) is 8.74. The molecular weight excluding hydrogens is 225 g/mol. The van der Waals surface area contributed by atoms with E-state index in [0.717, 1.165) is 28.5 Å². The third-order valence-electron chi connectivity index (χ3n) is 2.66. The monoisotopic (exact) mass is 235 g/mol. The van der Waals surface area contributed by atoms with E-state index in [1.54, 1.807) is 22.5 Å². The van der Waals surface area contributed by atoms with Gasteiger partial charge in [-0.3, -0.25) is 0 Å². The Labute approximate surface area is 96.4 Å². The Kier molecular flexibility index (Phi) is 2.14. The zero-order chi connectivity index (χ0) is 11.1. The zero-order valence-corrected chi connectivity index (χ0v) is 9.30. The smallest absolute Gasteiger partial charge is 0.150 e. The maximum atomic E-state index is 13.1. The highest BCUT2D eigenvalue weighted by atomic mass is 32.2. The Morgan fingerprint density at radius 3 is 3.06 bits per heavy atom. The molecule has 0 radical (unpaired) electrons. The van der Waals surface area contributed by atoms with Gasteiger partial charge >= 0.3 is 0 Å². The largest absolute Gasteiger partial charge is 0.382 e. The van der Waals surface area contributed by atoms with Crippen molar-refractivity contribution >= 4 is 17.6 Å². The van der Waals surface area contributed by atoms with Gasteiger partial charge in [0.05, 0.1) is 11.4 Å². The first kappa shape index (κ1) is 9.72. The van der Waals surface area contributed by atoms with Crippen LogP contribution in [-0.2, 0) is 11.5 Å². The Bertz CT molecular complexity index is 550.